The Morgan fingerprint density at radius 2 is 0.902 bits per heavy atom. The molecule has 0 fully saturated rings. The van der Waals surface area contributed by atoms with E-state index in [-0.39, 0.29) is 23.0 Å². The first kappa shape index (κ1) is 50.9. The number of benzene rings is 10. The molecule has 2 aromatic heterocycles. The van der Waals surface area contributed by atoms with E-state index in [9.17, 15) is 0 Å². The van der Waals surface area contributed by atoms with Gasteiger partial charge >= 0.3 is 0 Å². The van der Waals surface area contributed by atoms with E-state index in [0.29, 0.717) is 0 Å². The van der Waals surface area contributed by atoms with Crippen molar-refractivity contribution in [1.82, 2.24) is 9.55 Å². The molecule has 4 heterocycles. The van der Waals surface area contributed by atoms with Crippen molar-refractivity contribution in [3.63, 3.8) is 0 Å². The maximum atomic E-state index is 6.71. The summed E-state index contributed by atoms with van der Waals surface area (Å²) in [6.45, 7) is 20.5. The number of fused-ring (bicyclic) bond motifs is 7. The quantitative estimate of drug-likeness (QED) is 0.142. The summed E-state index contributed by atoms with van der Waals surface area (Å²) in [4.78, 5) is 13.5. The Bertz CT molecular complexity index is 4340. The highest BCUT2D eigenvalue weighted by Gasteiger charge is 2.48. The van der Waals surface area contributed by atoms with Crippen LogP contribution in [0.15, 0.2) is 241 Å². The molecule has 2 aliphatic heterocycles. The van der Waals surface area contributed by atoms with Gasteiger partial charge in [0.15, 0.2) is 0 Å². The average Bonchev–Trinajstić information content (AvgIpc) is 2.23. The topological polar surface area (TPSA) is 40.7 Å². The summed E-state index contributed by atoms with van der Waals surface area (Å²) in [6, 6.07) is 86.8. The summed E-state index contributed by atoms with van der Waals surface area (Å²) < 4.78 is 9.14. The second-order valence-corrected chi connectivity index (χ2v) is 25.3. The molecule has 0 N–H and O–H groups in total. The number of rotatable bonds is 8. The predicted molar refractivity (Wildman–Crippen MR) is 347 cm³/mol. The number of hydrogen-bond donors (Lipinski definition) is 0. The molecule has 0 atom stereocenters. The first-order valence-corrected chi connectivity index (χ1v) is 28.8. The van der Waals surface area contributed by atoms with Crippen molar-refractivity contribution in [2.75, 3.05) is 14.7 Å². The van der Waals surface area contributed by atoms with Gasteiger partial charge in [-0.05, 0) is 158 Å². The summed E-state index contributed by atoms with van der Waals surface area (Å²) >= 11 is 0. The lowest BCUT2D eigenvalue weighted by molar-refractivity contribution is 0.590. The second-order valence-electron chi connectivity index (χ2n) is 25.3. The fraction of sp³-hybridized carbons (Fsp3) is 0.160. The molecule has 0 aliphatic carbocycles. The summed E-state index contributed by atoms with van der Waals surface area (Å²) in [5, 5.41) is 2.13. The Balaban J connectivity index is 1.10. The maximum Gasteiger partial charge on any atom is 0.277 e. The second kappa shape index (κ2) is 19.2. The molecule has 82 heavy (non-hydrogen) atoms. The first-order chi connectivity index (χ1) is 39.6. The lowest BCUT2D eigenvalue weighted by atomic mass is 9.35. The van der Waals surface area contributed by atoms with Crippen LogP contribution in [-0.2, 0) is 16.2 Å². The number of hydrogen-bond acceptors (Lipinski definition) is 5. The van der Waals surface area contributed by atoms with Crippen molar-refractivity contribution in [2.24, 2.45) is 0 Å². The molecule has 0 spiro atoms. The summed E-state index contributed by atoms with van der Waals surface area (Å²) in [5.41, 5.74) is 21.7. The Labute approximate surface area is 482 Å². The lowest BCUT2D eigenvalue weighted by Crippen LogP contribution is -2.62. The van der Waals surface area contributed by atoms with E-state index < -0.39 is 0 Å². The van der Waals surface area contributed by atoms with Gasteiger partial charge in [-0.1, -0.05) is 196 Å². The zero-order valence-corrected chi connectivity index (χ0v) is 48.2. The van der Waals surface area contributed by atoms with Crippen molar-refractivity contribution >= 4 is 96.5 Å². The Kier molecular flexibility index (Phi) is 11.9. The minimum Gasteiger partial charge on any atom is -0.456 e. The largest absolute Gasteiger partial charge is 0.456 e. The van der Waals surface area contributed by atoms with Crippen molar-refractivity contribution in [2.45, 2.75) is 78.6 Å². The van der Waals surface area contributed by atoms with Gasteiger partial charge in [-0.15, -0.1) is 0 Å². The van der Waals surface area contributed by atoms with Gasteiger partial charge in [0.25, 0.3) is 6.71 Å². The van der Waals surface area contributed by atoms with E-state index >= 15 is 0 Å². The molecule has 0 saturated heterocycles. The Morgan fingerprint density at radius 1 is 0.390 bits per heavy atom. The smallest absolute Gasteiger partial charge is 0.277 e. The summed E-state index contributed by atoms with van der Waals surface area (Å²) in [7, 11) is 0. The van der Waals surface area contributed by atoms with E-state index in [1.165, 1.54) is 33.2 Å². The van der Waals surface area contributed by atoms with Gasteiger partial charge in [-0.25, -0.2) is 4.98 Å². The minimum atomic E-state index is -0.272. The minimum absolute atomic E-state index is 0.0236. The highest BCUT2D eigenvalue weighted by molar-refractivity contribution is 7.00. The van der Waals surface area contributed by atoms with Crippen LogP contribution < -0.4 is 31.2 Å². The highest BCUT2D eigenvalue weighted by atomic mass is 16.3. The van der Waals surface area contributed by atoms with E-state index in [1.54, 1.807) is 0 Å². The van der Waals surface area contributed by atoms with Gasteiger partial charge in [-0.2, -0.15) is 0 Å². The Hall–Kier alpha value is -9.33. The zero-order chi connectivity index (χ0) is 56.2. The van der Waals surface area contributed by atoms with Gasteiger partial charge in [0.2, 0.25) is 0 Å². The normalized spacial score (nSPS) is 13.1. The van der Waals surface area contributed by atoms with Gasteiger partial charge in [0.1, 0.15) is 22.8 Å². The zero-order valence-electron chi connectivity index (χ0n) is 48.2. The van der Waals surface area contributed by atoms with Crippen molar-refractivity contribution in [1.29, 1.82) is 0 Å². The van der Waals surface area contributed by atoms with Crippen LogP contribution in [0.3, 0.4) is 0 Å². The van der Waals surface area contributed by atoms with Gasteiger partial charge < -0.3 is 14.2 Å². The van der Waals surface area contributed by atoms with E-state index in [2.05, 4.69) is 318 Å². The van der Waals surface area contributed by atoms with Crippen LogP contribution in [0.2, 0.25) is 0 Å². The molecular formula is C75H66BN5O. The molecule has 0 amide bonds. The molecule has 10 aromatic carbocycles. The standard InChI is InChI=1S/C75H66BN5O/c1-73(2,3)52-33-30-50(31-34-52)71-77-70-72(81(71)57-28-20-13-21-29-57)80(59-40-43-68-62(47-59)61-44-51(32-42-67(61)82-68)49-22-14-10-15-23-49)66-46-54(75(7,8)9)45-65-69(66)76(70)63-41-39-60(78(55-24-16-11-17-25-55)56-26-18-12-19-27-56)48-64(63)79(65)58-37-35-53(36-38-58)74(4,5)6/h10-48H,1-9H3. The molecule has 400 valence electrons. The summed E-state index contributed by atoms with van der Waals surface area (Å²) in [6.07, 6.45) is 0. The molecular weight excluding hydrogens is 998 g/mol. The van der Waals surface area contributed by atoms with Crippen LogP contribution in [0.1, 0.15) is 79.0 Å². The van der Waals surface area contributed by atoms with Gasteiger partial charge in [0, 0.05) is 67.5 Å². The number of para-hydroxylation sites is 3. The van der Waals surface area contributed by atoms with Crippen molar-refractivity contribution in [3.05, 3.63) is 253 Å². The molecule has 0 unspecified atom stereocenters. The molecule has 0 saturated carbocycles. The van der Waals surface area contributed by atoms with Crippen LogP contribution in [0.5, 0.6) is 0 Å². The molecule has 14 rings (SSSR count). The van der Waals surface area contributed by atoms with E-state index in [1.807, 2.05) is 0 Å². The van der Waals surface area contributed by atoms with Gasteiger partial charge in [-0.3, -0.25) is 9.47 Å². The van der Waals surface area contributed by atoms with E-state index in [4.69, 9.17) is 9.40 Å². The van der Waals surface area contributed by atoms with Crippen LogP contribution in [0, 0.1) is 0 Å². The number of furan rings is 1. The molecule has 0 radical (unpaired) electrons. The third-order valence-electron chi connectivity index (χ3n) is 16.8. The average molecular weight is 1060 g/mol. The Morgan fingerprint density at radius 3 is 1.50 bits per heavy atom. The van der Waals surface area contributed by atoms with Crippen LogP contribution in [0.25, 0.3) is 50.1 Å². The summed E-state index contributed by atoms with van der Waals surface area (Å²) in [5.74, 6) is 1.88. The van der Waals surface area contributed by atoms with Crippen molar-refractivity contribution < 1.29 is 4.42 Å². The third-order valence-corrected chi connectivity index (χ3v) is 16.8. The maximum absolute atomic E-state index is 6.71. The van der Waals surface area contributed by atoms with Crippen LogP contribution in [-0.4, -0.2) is 16.3 Å². The number of nitrogens with zero attached hydrogens (tertiary/aromatic N) is 5. The number of aromatic nitrogens is 2. The fourth-order valence-corrected chi connectivity index (χ4v) is 12.5. The number of imidazole rings is 1. The molecule has 2 aliphatic rings. The molecule has 6 nitrogen and oxygen atoms in total. The fourth-order valence-electron chi connectivity index (χ4n) is 12.5. The van der Waals surface area contributed by atoms with Crippen molar-refractivity contribution in [3.8, 4) is 28.2 Å². The van der Waals surface area contributed by atoms with Crippen LogP contribution in [0.4, 0.5) is 51.3 Å². The molecule has 0 bridgehead atoms. The number of anilines is 9. The lowest BCUT2D eigenvalue weighted by Gasteiger charge is -2.44. The first-order valence-electron chi connectivity index (χ1n) is 28.8. The van der Waals surface area contributed by atoms with E-state index in [0.717, 1.165) is 101 Å². The monoisotopic (exact) mass is 1060 g/mol. The molecule has 7 heteroatoms. The predicted octanol–water partition coefficient (Wildman–Crippen LogP) is 18.6. The highest BCUT2D eigenvalue weighted by Crippen LogP contribution is 2.50. The molecule has 12 aromatic rings. The third kappa shape index (κ3) is 8.61. The van der Waals surface area contributed by atoms with Crippen LogP contribution >= 0.6 is 0 Å². The van der Waals surface area contributed by atoms with Gasteiger partial charge in [0.05, 0.1) is 5.59 Å². The SMILES string of the molecule is CC(C)(C)c1ccc(-c2nc3c(n2-c2ccccc2)N(c2ccc4oc5ccc(-c6ccccc6)cc5c4c2)c2cc(C(C)(C)C)cc4c2B3c2ccc(N(c3ccccc3)c3ccccc3)cc2N4c2ccc(C(C)(C)C)cc2)cc1.